The summed E-state index contributed by atoms with van der Waals surface area (Å²) in [5.74, 6) is 2.52. The molecule has 1 aromatic carbocycles. The quantitative estimate of drug-likeness (QED) is 0.237. The predicted molar refractivity (Wildman–Crippen MR) is 152 cm³/mol. The molecule has 0 bridgehead atoms. The van der Waals surface area contributed by atoms with Gasteiger partial charge in [0.05, 0.1) is 12.7 Å². The van der Waals surface area contributed by atoms with E-state index in [0.717, 1.165) is 108 Å². The Bertz CT molecular complexity index is 1010. The van der Waals surface area contributed by atoms with Gasteiger partial charge in [-0.1, -0.05) is 25.5 Å². The summed E-state index contributed by atoms with van der Waals surface area (Å²) >= 11 is 0. The molecule has 214 valence electrons. The van der Waals surface area contributed by atoms with Crippen molar-refractivity contribution in [3.05, 3.63) is 42.0 Å². The van der Waals surface area contributed by atoms with E-state index in [1.54, 1.807) is 0 Å². The molecule has 5 aliphatic rings. The predicted octanol–water partition coefficient (Wildman–Crippen LogP) is 7.97. The average Bonchev–Trinajstić information content (AvgIpc) is 3.29. The lowest BCUT2D eigenvalue weighted by atomic mass is 9.51. The number of rotatable bonds is 9. The van der Waals surface area contributed by atoms with Gasteiger partial charge in [0.1, 0.15) is 5.75 Å². The average molecular weight is 537 g/mol. The number of carbonyl (C=O) groups is 1. The van der Waals surface area contributed by atoms with Crippen molar-refractivity contribution < 1.29 is 23.7 Å². The van der Waals surface area contributed by atoms with Gasteiger partial charge in [0.15, 0.2) is 18.4 Å². The van der Waals surface area contributed by atoms with Crippen molar-refractivity contribution >= 4 is 5.78 Å². The largest absolute Gasteiger partial charge is 0.465 e. The molecule has 0 spiro atoms. The fourth-order valence-electron chi connectivity index (χ4n) is 8.75. The fraction of sp³-hybridized carbons (Fsp3) is 0.735. The third-order valence-electron chi connectivity index (χ3n) is 10.8. The van der Waals surface area contributed by atoms with E-state index in [-0.39, 0.29) is 30.0 Å². The van der Waals surface area contributed by atoms with Gasteiger partial charge in [0.25, 0.3) is 0 Å². The molecule has 2 saturated carbocycles. The second-order valence-electron chi connectivity index (χ2n) is 13.0. The Morgan fingerprint density at radius 1 is 1.00 bits per heavy atom. The molecule has 0 radical (unpaired) electrons. The number of unbranched alkanes of at least 4 members (excludes halogenated alkanes) is 2. The summed E-state index contributed by atoms with van der Waals surface area (Å²) in [6.45, 7) is 7.94. The van der Waals surface area contributed by atoms with Gasteiger partial charge in [-0.3, -0.25) is 4.79 Å². The van der Waals surface area contributed by atoms with E-state index in [9.17, 15) is 4.79 Å². The highest BCUT2D eigenvalue weighted by Crippen LogP contribution is 2.63. The molecule has 2 heterocycles. The number of carbonyl (C=O) groups excluding carboxylic acids is 1. The second-order valence-corrected chi connectivity index (χ2v) is 13.0. The topological polar surface area (TPSA) is 54.0 Å². The Morgan fingerprint density at radius 3 is 2.54 bits per heavy atom. The Kier molecular flexibility index (Phi) is 8.49. The molecule has 6 rings (SSSR count). The molecule has 5 heteroatoms. The lowest BCUT2D eigenvalue weighted by Crippen LogP contribution is -2.50. The van der Waals surface area contributed by atoms with Crippen LogP contribution in [-0.4, -0.2) is 37.7 Å². The highest BCUT2D eigenvalue weighted by Gasteiger charge is 2.59. The lowest BCUT2D eigenvalue weighted by molar-refractivity contribution is -0.213. The maximum Gasteiger partial charge on any atom is 0.199 e. The molecule has 39 heavy (non-hydrogen) atoms. The van der Waals surface area contributed by atoms with E-state index in [1.807, 2.05) is 12.1 Å². The van der Waals surface area contributed by atoms with E-state index in [2.05, 4.69) is 25.6 Å². The van der Waals surface area contributed by atoms with Gasteiger partial charge in [0.2, 0.25) is 0 Å². The minimum absolute atomic E-state index is 0.0490. The summed E-state index contributed by atoms with van der Waals surface area (Å²) in [4.78, 5) is 14.3. The summed E-state index contributed by atoms with van der Waals surface area (Å²) < 4.78 is 24.7. The van der Waals surface area contributed by atoms with Crippen LogP contribution in [0.1, 0.15) is 119 Å². The first kappa shape index (κ1) is 27.5. The van der Waals surface area contributed by atoms with Crippen LogP contribution in [0.4, 0.5) is 0 Å². The Morgan fingerprint density at radius 2 is 1.79 bits per heavy atom. The highest BCUT2D eigenvalue weighted by atomic mass is 16.7. The first-order valence-electron chi connectivity index (χ1n) is 15.9. The first-order chi connectivity index (χ1) is 19.1. The van der Waals surface area contributed by atoms with Crippen LogP contribution in [0, 0.1) is 23.2 Å². The van der Waals surface area contributed by atoms with Crippen LogP contribution in [0.3, 0.4) is 0 Å². The Balaban J connectivity index is 1.26. The van der Waals surface area contributed by atoms with Gasteiger partial charge in [-0.05, 0) is 118 Å². The molecule has 3 aliphatic carbocycles. The van der Waals surface area contributed by atoms with Gasteiger partial charge >= 0.3 is 0 Å². The van der Waals surface area contributed by atoms with Crippen molar-refractivity contribution in [2.24, 2.45) is 23.2 Å². The van der Waals surface area contributed by atoms with Crippen LogP contribution in [0.25, 0.3) is 0 Å². The summed E-state index contributed by atoms with van der Waals surface area (Å²) in [6, 6.07) is 6.33. The van der Waals surface area contributed by atoms with E-state index in [0.29, 0.717) is 23.5 Å². The first-order valence-corrected chi connectivity index (χ1v) is 15.9. The zero-order chi connectivity index (χ0) is 26.8. The summed E-state index contributed by atoms with van der Waals surface area (Å²) in [6.07, 6.45) is 17.2. The Hall–Kier alpha value is -1.69. The molecule has 2 saturated heterocycles. The van der Waals surface area contributed by atoms with Gasteiger partial charge < -0.3 is 18.9 Å². The summed E-state index contributed by atoms with van der Waals surface area (Å²) in [7, 11) is 0. The zero-order valence-electron chi connectivity index (χ0n) is 23.9. The number of benzene rings is 1. The van der Waals surface area contributed by atoms with Crippen LogP contribution < -0.4 is 4.74 Å². The maximum absolute atomic E-state index is 14.3. The summed E-state index contributed by atoms with van der Waals surface area (Å²) in [5.41, 5.74) is 2.27. The number of hydrogen-bond donors (Lipinski definition) is 0. The van der Waals surface area contributed by atoms with Crippen LogP contribution >= 0.6 is 0 Å². The van der Waals surface area contributed by atoms with Crippen LogP contribution in [0.15, 0.2) is 30.9 Å². The molecule has 0 N–H and O–H groups in total. The van der Waals surface area contributed by atoms with Crippen molar-refractivity contribution in [2.45, 2.75) is 121 Å². The number of allylic oxidation sites excluding steroid dienone is 1. The standard InChI is InChI=1S/C34H48O5/c1-3-4-5-6-11-26-32-25(18-19-34(2)28(32)16-17-29(34)39-31-13-8-10-21-37-31)24-15-14-23(22-27(24)33(26)35)38-30-12-7-9-20-36-30/h3,14-15,22,25-26,28-32H,1,4-13,16-21H2,2H3/t25-,26+,28+,29+,30?,31?,32+,34+/m1/s1. The minimum atomic E-state index is -0.197. The monoisotopic (exact) mass is 536 g/mol. The SMILES string of the molecule is C=CCCCC[C@@H]1C(=O)c2cc(OC3CCCCO3)ccc2[C@H]2CC[C@]3(C)[C@@H](OC4CCCCO4)CC[C@H]3[C@H]12. The molecular weight excluding hydrogens is 488 g/mol. The van der Waals surface area contributed by atoms with Crippen molar-refractivity contribution in [3.63, 3.8) is 0 Å². The van der Waals surface area contributed by atoms with Gasteiger partial charge in [-0.25, -0.2) is 0 Å². The van der Waals surface area contributed by atoms with E-state index in [1.165, 1.54) is 12.0 Å². The van der Waals surface area contributed by atoms with Crippen molar-refractivity contribution in [1.82, 2.24) is 0 Å². The Labute approximate surface area is 235 Å². The number of Topliss-reactive ketones (excluding diaryl/α,β-unsaturated/α-hetero) is 1. The lowest BCUT2D eigenvalue weighted by Gasteiger charge is -2.53. The molecule has 0 amide bonds. The fourth-order valence-corrected chi connectivity index (χ4v) is 8.75. The highest BCUT2D eigenvalue weighted by molar-refractivity contribution is 6.01. The second kappa shape index (κ2) is 12.0. The molecule has 4 fully saturated rings. The van der Waals surface area contributed by atoms with Crippen molar-refractivity contribution in [1.29, 1.82) is 0 Å². The van der Waals surface area contributed by atoms with Crippen molar-refractivity contribution in [3.8, 4) is 5.75 Å². The number of hydrogen-bond acceptors (Lipinski definition) is 5. The third kappa shape index (κ3) is 5.48. The maximum atomic E-state index is 14.3. The molecular formula is C34H48O5. The number of ketones is 1. The molecule has 2 unspecified atom stereocenters. The molecule has 2 aliphatic heterocycles. The van der Waals surface area contributed by atoms with E-state index < -0.39 is 0 Å². The third-order valence-corrected chi connectivity index (χ3v) is 10.8. The number of ether oxygens (including phenoxy) is 4. The van der Waals surface area contributed by atoms with Gasteiger partial charge in [-0.15, -0.1) is 6.58 Å². The van der Waals surface area contributed by atoms with Crippen molar-refractivity contribution in [2.75, 3.05) is 13.2 Å². The van der Waals surface area contributed by atoms with Gasteiger partial charge in [0, 0.05) is 24.5 Å². The molecule has 8 atom stereocenters. The van der Waals surface area contributed by atoms with Crippen LogP contribution in [0.2, 0.25) is 0 Å². The molecule has 0 aromatic heterocycles. The van der Waals surface area contributed by atoms with Crippen LogP contribution in [-0.2, 0) is 14.2 Å². The zero-order valence-corrected chi connectivity index (χ0v) is 23.9. The van der Waals surface area contributed by atoms with E-state index in [4.69, 9.17) is 18.9 Å². The smallest absolute Gasteiger partial charge is 0.199 e. The minimum Gasteiger partial charge on any atom is -0.465 e. The molecule has 1 aromatic rings. The molecule has 5 nitrogen and oxygen atoms in total. The van der Waals surface area contributed by atoms with Gasteiger partial charge in [-0.2, -0.15) is 0 Å². The number of fused-ring (bicyclic) bond motifs is 5. The summed E-state index contributed by atoms with van der Waals surface area (Å²) in [5, 5.41) is 0. The van der Waals surface area contributed by atoms with E-state index >= 15 is 0 Å². The normalized spacial score (nSPS) is 38.0. The van der Waals surface area contributed by atoms with Crippen LogP contribution in [0.5, 0.6) is 5.75 Å².